The van der Waals surface area contributed by atoms with Crippen LogP contribution >= 0.6 is 0 Å². The first kappa shape index (κ1) is 14.4. The van der Waals surface area contributed by atoms with Gasteiger partial charge < -0.3 is 5.11 Å². The van der Waals surface area contributed by atoms with Gasteiger partial charge in [0.05, 0.1) is 0 Å². The molecule has 1 heteroatoms. The Bertz CT molecular complexity index is 446. The van der Waals surface area contributed by atoms with Crippen molar-refractivity contribution in [3.8, 4) is 11.8 Å². The standard InChI is InChI=1S/C18H26O/c1-14-7-5-4-6-8-17(19)16-10-9-15(2)18(3,13-16)12-11-14/h7,10,15,17,19H,4-5,9,11-13H2,1-3H3/b14-7+/t15-,17?,18-/m1/s1. The quantitative estimate of drug-likeness (QED) is 0.509. The van der Waals surface area contributed by atoms with Crippen LogP contribution < -0.4 is 0 Å². The van der Waals surface area contributed by atoms with Gasteiger partial charge in [0.1, 0.15) is 6.10 Å². The molecule has 0 aliphatic heterocycles. The Morgan fingerprint density at radius 1 is 1.37 bits per heavy atom. The van der Waals surface area contributed by atoms with Crippen molar-refractivity contribution in [2.24, 2.45) is 11.3 Å². The van der Waals surface area contributed by atoms with Crippen molar-refractivity contribution in [1.82, 2.24) is 0 Å². The number of aliphatic hydroxyl groups excluding tert-OH is 1. The van der Waals surface area contributed by atoms with Crippen LogP contribution in [0.1, 0.15) is 59.3 Å². The first-order chi connectivity index (χ1) is 9.01. The Morgan fingerprint density at radius 2 is 2.16 bits per heavy atom. The third-order valence-electron chi connectivity index (χ3n) is 4.97. The summed E-state index contributed by atoms with van der Waals surface area (Å²) >= 11 is 0. The fourth-order valence-electron chi connectivity index (χ4n) is 3.11. The Labute approximate surface area is 117 Å². The zero-order valence-corrected chi connectivity index (χ0v) is 12.5. The van der Waals surface area contributed by atoms with E-state index in [0.29, 0.717) is 11.3 Å². The summed E-state index contributed by atoms with van der Waals surface area (Å²) in [6.45, 7) is 6.96. The summed E-state index contributed by atoms with van der Waals surface area (Å²) in [7, 11) is 0. The molecule has 104 valence electrons. The van der Waals surface area contributed by atoms with E-state index >= 15 is 0 Å². The molecule has 2 rings (SSSR count). The van der Waals surface area contributed by atoms with E-state index in [2.05, 4.69) is 44.8 Å². The van der Waals surface area contributed by atoms with Crippen molar-refractivity contribution in [2.75, 3.05) is 0 Å². The maximum absolute atomic E-state index is 10.2. The average Bonchev–Trinajstić information content (AvgIpc) is 2.38. The lowest BCUT2D eigenvalue weighted by Gasteiger charge is -2.40. The number of aliphatic hydroxyl groups is 1. The highest BCUT2D eigenvalue weighted by Gasteiger charge is 2.35. The molecule has 0 saturated heterocycles. The van der Waals surface area contributed by atoms with E-state index in [-0.39, 0.29) is 0 Å². The van der Waals surface area contributed by atoms with E-state index in [1.54, 1.807) is 0 Å². The summed E-state index contributed by atoms with van der Waals surface area (Å²) in [5, 5.41) is 10.2. The Hall–Kier alpha value is -1.00. The fourth-order valence-corrected chi connectivity index (χ4v) is 3.11. The molecule has 3 atom stereocenters. The van der Waals surface area contributed by atoms with Gasteiger partial charge in [-0.3, -0.25) is 0 Å². The minimum atomic E-state index is -0.545. The van der Waals surface area contributed by atoms with Crippen LogP contribution in [-0.4, -0.2) is 11.2 Å². The van der Waals surface area contributed by atoms with Crippen LogP contribution in [0, 0.1) is 23.2 Å². The molecular formula is C18H26O. The van der Waals surface area contributed by atoms with E-state index < -0.39 is 6.10 Å². The molecule has 0 spiro atoms. The maximum Gasteiger partial charge on any atom is 0.136 e. The van der Waals surface area contributed by atoms with Gasteiger partial charge in [-0.15, -0.1) is 0 Å². The summed E-state index contributed by atoms with van der Waals surface area (Å²) < 4.78 is 0. The number of allylic oxidation sites excluding steroid dienone is 3. The van der Waals surface area contributed by atoms with Crippen LogP contribution in [-0.2, 0) is 0 Å². The molecule has 0 aromatic rings. The molecule has 2 bridgehead atoms. The lowest BCUT2D eigenvalue weighted by molar-refractivity contribution is 0.152. The highest BCUT2D eigenvalue weighted by atomic mass is 16.3. The van der Waals surface area contributed by atoms with Crippen molar-refractivity contribution < 1.29 is 5.11 Å². The summed E-state index contributed by atoms with van der Waals surface area (Å²) in [5.41, 5.74) is 2.95. The largest absolute Gasteiger partial charge is 0.376 e. The predicted molar refractivity (Wildman–Crippen MR) is 80.6 cm³/mol. The Morgan fingerprint density at radius 3 is 2.95 bits per heavy atom. The van der Waals surface area contributed by atoms with Crippen LogP contribution in [0.4, 0.5) is 0 Å². The van der Waals surface area contributed by atoms with Gasteiger partial charge in [0.2, 0.25) is 0 Å². The van der Waals surface area contributed by atoms with Crippen LogP contribution in [0.3, 0.4) is 0 Å². The van der Waals surface area contributed by atoms with E-state index in [1.165, 1.54) is 18.4 Å². The van der Waals surface area contributed by atoms with Crippen molar-refractivity contribution in [1.29, 1.82) is 0 Å². The number of rotatable bonds is 0. The number of hydrogen-bond acceptors (Lipinski definition) is 1. The van der Waals surface area contributed by atoms with Crippen molar-refractivity contribution in [3.63, 3.8) is 0 Å². The highest BCUT2D eigenvalue weighted by Crippen LogP contribution is 2.45. The van der Waals surface area contributed by atoms with Crippen molar-refractivity contribution in [2.45, 2.75) is 65.4 Å². The van der Waals surface area contributed by atoms with E-state index in [9.17, 15) is 5.11 Å². The monoisotopic (exact) mass is 258 g/mol. The predicted octanol–water partition coefficient (Wildman–Crippen LogP) is 4.23. The van der Waals surface area contributed by atoms with Crippen LogP contribution in [0.2, 0.25) is 0 Å². The molecule has 0 heterocycles. The molecule has 1 N–H and O–H groups in total. The molecule has 0 fully saturated rings. The zero-order valence-electron chi connectivity index (χ0n) is 12.5. The molecule has 2 aliphatic carbocycles. The van der Waals surface area contributed by atoms with Gasteiger partial charge in [-0.2, -0.15) is 0 Å². The minimum absolute atomic E-state index is 0.307. The highest BCUT2D eigenvalue weighted by molar-refractivity contribution is 5.25. The van der Waals surface area contributed by atoms with Gasteiger partial charge in [0.25, 0.3) is 0 Å². The Kier molecular flexibility index (Phi) is 4.53. The number of fused-ring (bicyclic) bond motifs is 2. The van der Waals surface area contributed by atoms with Crippen LogP contribution in [0.25, 0.3) is 0 Å². The lowest BCUT2D eigenvalue weighted by Crippen LogP contribution is -2.31. The first-order valence-electron chi connectivity index (χ1n) is 7.52. The van der Waals surface area contributed by atoms with Gasteiger partial charge in [-0.25, -0.2) is 0 Å². The molecule has 0 saturated carbocycles. The van der Waals surface area contributed by atoms with Gasteiger partial charge in [0, 0.05) is 6.42 Å². The SMILES string of the molecule is C/C1=C\CCC#CC(O)C2=CC[C@@H](C)[C@](C)(CC1)C2. The first-order valence-corrected chi connectivity index (χ1v) is 7.52. The van der Waals surface area contributed by atoms with Crippen LogP contribution in [0.5, 0.6) is 0 Å². The van der Waals surface area contributed by atoms with E-state index in [4.69, 9.17) is 0 Å². The molecule has 1 unspecified atom stereocenters. The topological polar surface area (TPSA) is 20.2 Å². The average molecular weight is 258 g/mol. The van der Waals surface area contributed by atoms with Gasteiger partial charge in [0.15, 0.2) is 0 Å². The van der Waals surface area contributed by atoms with E-state index in [1.807, 2.05) is 0 Å². The summed E-state index contributed by atoms with van der Waals surface area (Å²) in [6, 6.07) is 0. The minimum Gasteiger partial charge on any atom is -0.376 e. The summed E-state index contributed by atoms with van der Waals surface area (Å²) in [4.78, 5) is 0. The third kappa shape index (κ3) is 3.51. The fraction of sp³-hybridized carbons (Fsp3) is 0.667. The molecule has 0 aromatic carbocycles. The molecule has 19 heavy (non-hydrogen) atoms. The number of hydrogen-bond donors (Lipinski definition) is 1. The van der Waals surface area contributed by atoms with Gasteiger partial charge in [-0.05, 0) is 55.9 Å². The molecule has 2 aliphatic rings. The van der Waals surface area contributed by atoms with Gasteiger partial charge in [-0.1, -0.05) is 43.4 Å². The summed E-state index contributed by atoms with van der Waals surface area (Å²) in [6.07, 6.45) is 10.3. The second kappa shape index (κ2) is 5.97. The Balaban J connectivity index is 2.26. The van der Waals surface area contributed by atoms with E-state index in [0.717, 1.165) is 31.3 Å². The molecule has 0 radical (unpaired) electrons. The second-order valence-corrected chi connectivity index (χ2v) is 6.56. The normalized spacial score (nSPS) is 38.7. The molecule has 1 nitrogen and oxygen atoms in total. The maximum atomic E-state index is 10.2. The smallest absolute Gasteiger partial charge is 0.136 e. The molecular weight excluding hydrogens is 232 g/mol. The molecule has 0 aromatic heterocycles. The molecule has 0 amide bonds. The summed E-state index contributed by atoms with van der Waals surface area (Å²) in [5.74, 6) is 6.81. The zero-order chi connectivity index (χ0) is 13.9. The van der Waals surface area contributed by atoms with Crippen LogP contribution in [0.15, 0.2) is 23.3 Å². The second-order valence-electron chi connectivity index (χ2n) is 6.56. The third-order valence-corrected chi connectivity index (χ3v) is 4.97. The van der Waals surface area contributed by atoms with Crippen molar-refractivity contribution in [3.05, 3.63) is 23.3 Å². The van der Waals surface area contributed by atoms with Crippen molar-refractivity contribution >= 4 is 0 Å². The van der Waals surface area contributed by atoms with Gasteiger partial charge >= 0.3 is 0 Å². The lowest BCUT2D eigenvalue weighted by atomic mass is 9.65.